The molecule has 1 aliphatic carbocycles. The highest BCUT2D eigenvalue weighted by Crippen LogP contribution is 2.43. The molecule has 0 bridgehead atoms. The lowest BCUT2D eigenvalue weighted by molar-refractivity contribution is 1.09. The van der Waals surface area contributed by atoms with Crippen LogP contribution in [0.4, 0.5) is 5.69 Å². The fourth-order valence-electron chi connectivity index (χ4n) is 1.96. The highest BCUT2D eigenvalue weighted by Gasteiger charge is 2.25. The molecular weight excluding hydrogens is 252 g/mol. The second-order valence-electron chi connectivity index (χ2n) is 4.29. The summed E-state index contributed by atoms with van der Waals surface area (Å²) < 4.78 is 0.609. The molecule has 1 heterocycles. The van der Waals surface area contributed by atoms with E-state index in [2.05, 4.69) is 34.6 Å². The van der Waals surface area contributed by atoms with E-state index in [0.29, 0.717) is 4.47 Å². The first-order valence-corrected chi connectivity index (χ1v) is 6.95. The van der Waals surface area contributed by atoms with Crippen LogP contribution in [0.3, 0.4) is 0 Å². The number of para-hydroxylation sites is 1. The summed E-state index contributed by atoms with van der Waals surface area (Å²) in [4.78, 5) is 5.21. The molecule has 0 amide bonds. The maximum absolute atomic E-state index is 5.81. The first-order chi connectivity index (χ1) is 8.33. The van der Waals surface area contributed by atoms with E-state index in [9.17, 15) is 0 Å². The third kappa shape index (κ3) is 2.61. The first-order valence-electron chi connectivity index (χ1n) is 5.76. The topological polar surface area (TPSA) is 24.9 Å². The van der Waals surface area contributed by atoms with E-state index in [1.165, 1.54) is 40.3 Å². The van der Waals surface area contributed by atoms with Crippen molar-refractivity contribution in [1.82, 2.24) is 4.98 Å². The van der Waals surface area contributed by atoms with Crippen LogP contribution in [0.2, 0.25) is 4.47 Å². The number of anilines is 1. The predicted octanol–water partition coefficient (Wildman–Crippen LogP) is 4.29. The summed E-state index contributed by atoms with van der Waals surface area (Å²) in [5.74, 6) is 0.767. The van der Waals surface area contributed by atoms with Crippen molar-refractivity contribution in [2.24, 2.45) is 0 Å². The number of rotatable bonds is 4. The average molecular weight is 265 g/mol. The van der Waals surface area contributed by atoms with Gasteiger partial charge in [-0.3, -0.25) is 0 Å². The van der Waals surface area contributed by atoms with Gasteiger partial charge in [-0.15, -0.1) is 11.3 Å². The van der Waals surface area contributed by atoms with E-state index in [-0.39, 0.29) is 0 Å². The van der Waals surface area contributed by atoms with Crippen LogP contribution in [0.1, 0.15) is 29.2 Å². The molecular formula is C13H13ClN2S. The van der Waals surface area contributed by atoms with Crippen molar-refractivity contribution in [2.45, 2.75) is 25.3 Å². The van der Waals surface area contributed by atoms with Gasteiger partial charge in [0, 0.05) is 16.8 Å². The SMILES string of the molecule is Clc1ncc(CNc2ccccc2C2CC2)s1. The molecule has 1 aromatic carbocycles. The van der Waals surface area contributed by atoms with Crippen LogP contribution in [-0.2, 0) is 6.54 Å². The Morgan fingerprint density at radius 1 is 1.35 bits per heavy atom. The number of hydrogen-bond donors (Lipinski definition) is 1. The van der Waals surface area contributed by atoms with Crippen molar-refractivity contribution in [2.75, 3.05) is 5.32 Å². The van der Waals surface area contributed by atoms with Gasteiger partial charge in [-0.05, 0) is 30.4 Å². The standard InChI is InChI=1S/C13H13ClN2S/c14-13-16-8-10(17-13)7-15-12-4-2-1-3-11(12)9-5-6-9/h1-4,8-9,15H,5-7H2. The van der Waals surface area contributed by atoms with Gasteiger partial charge in [0.2, 0.25) is 0 Å². The van der Waals surface area contributed by atoms with Crippen LogP contribution in [0.25, 0.3) is 0 Å². The third-order valence-electron chi connectivity index (χ3n) is 2.96. The first kappa shape index (κ1) is 11.1. The Morgan fingerprint density at radius 2 is 2.18 bits per heavy atom. The van der Waals surface area contributed by atoms with E-state index < -0.39 is 0 Å². The molecule has 2 aromatic rings. The van der Waals surface area contributed by atoms with Gasteiger partial charge >= 0.3 is 0 Å². The zero-order valence-electron chi connectivity index (χ0n) is 9.32. The molecule has 0 unspecified atom stereocenters. The molecule has 1 fully saturated rings. The van der Waals surface area contributed by atoms with Crippen molar-refractivity contribution in [3.8, 4) is 0 Å². The maximum atomic E-state index is 5.81. The normalized spacial score (nSPS) is 14.9. The van der Waals surface area contributed by atoms with E-state index in [4.69, 9.17) is 11.6 Å². The van der Waals surface area contributed by atoms with Crippen molar-refractivity contribution in [1.29, 1.82) is 0 Å². The lowest BCUT2D eigenvalue weighted by atomic mass is 10.1. The zero-order chi connectivity index (χ0) is 11.7. The van der Waals surface area contributed by atoms with Crippen LogP contribution >= 0.6 is 22.9 Å². The smallest absolute Gasteiger partial charge is 0.183 e. The second-order valence-corrected chi connectivity index (χ2v) is 5.99. The fraction of sp³-hybridized carbons (Fsp3) is 0.308. The largest absolute Gasteiger partial charge is 0.380 e. The number of thiazole rings is 1. The minimum Gasteiger partial charge on any atom is -0.380 e. The summed E-state index contributed by atoms with van der Waals surface area (Å²) in [5.41, 5.74) is 2.70. The molecule has 2 nitrogen and oxygen atoms in total. The molecule has 1 aromatic heterocycles. The minimum atomic E-state index is 0.609. The van der Waals surface area contributed by atoms with Crippen LogP contribution in [-0.4, -0.2) is 4.98 Å². The summed E-state index contributed by atoms with van der Waals surface area (Å²) in [6.07, 6.45) is 4.48. The van der Waals surface area contributed by atoms with Gasteiger partial charge < -0.3 is 5.32 Å². The zero-order valence-corrected chi connectivity index (χ0v) is 10.9. The molecule has 88 valence electrons. The van der Waals surface area contributed by atoms with Crippen molar-refractivity contribution in [3.05, 3.63) is 45.4 Å². The number of aromatic nitrogens is 1. The second kappa shape index (κ2) is 4.67. The number of nitrogens with zero attached hydrogens (tertiary/aromatic N) is 1. The number of nitrogens with one attached hydrogen (secondary N) is 1. The van der Waals surface area contributed by atoms with E-state index in [1.807, 2.05) is 6.20 Å². The summed E-state index contributed by atoms with van der Waals surface area (Å²) in [5, 5.41) is 3.48. The summed E-state index contributed by atoms with van der Waals surface area (Å²) in [6.45, 7) is 0.800. The minimum absolute atomic E-state index is 0.609. The molecule has 0 aliphatic heterocycles. The van der Waals surface area contributed by atoms with Crippen molar-refractivity contribution in [3.63, 3.8) is 0 Å². The van der Waals surface area contributed by atoms with Crippen LogP contribution < -0.4 is 5.32 Å². The lowest BCUT2D eigenvalue weighted by Crippen LogP contribution is -2.00. The Kier molecular flexibility index (Phi) is 3.04. The van der Waals surface area contributed by atoms with Gasteiger partial charge in [0.05, 0.1) is 6.54 Å². The summed E-state index contributed by atoms with van der Waals surface area (Å²) >= 11 is 7.34. The van der Waals surface area contributed by atoms with Gasteiger partial charge in [-0.2, -0.15) is 0 Å². The monoisotopic (exact) mass is 264 g/mol. The molecule has 3 rings (SSSR count). The van der Waals surface area contributed by atoms with Crippen LogP contribution in [0, 0.1) is 0 Å². The molecule has 0 saturated heterocycles. The molecule has 0 atom stereocenters. The molecule has 1 saturated carbocycles. The third-order valence-corrected chi connectivity index (χ3v) is 4.07. The van der Waals surface area contributed by atoms with Crippen LogP contribution in [0.5, 0.6) is 0 Å². The van der Waals surface area contributed by atoms with E-state index in [1.54, 1.807) is 0 Å². The van der Waals surface area contributed by atoms with Gasteiger partial charge in [-0.25, -0.2) is 4.98 Å². The quantitative estimate of drug-likeness (QED) is 0.891. The Bertz CT molecular complexity index is 520. The average Bonchev–Trinajstić information content (AvgIpc) is 3.11. The molecule has 4 heteroatoms. The van der Waals surface area contributed by atoms with E-state index in [0.717, 1.165) is 12.5 Å². The number of halogens is 1. The molecule has 1 N–H and O–H groups in total. The van der Waals surface area contributed by atoms with Gasteiger partial charge in [0.1, 0.15) is 0 Å². The van der Waals surface area contributed by atoms with Crippen molar-refractivity contribution >= 4 is 28.6 Å². The Morgan fingerprint density at radius 3 is 2.88 bits per heavy atom. The fourth-order valence-corrected chi connectivity index (χ4v) is 2.87. The highest BCUT2D eigenvalue weighted by atomic mass is 35.5. The molecule has 17 heavy (non-hydrogen) atoms. The molecule has 0 radical (unpaired) electrons. The molecule has 0 spiro atoms. The highest BCUT2D eigenvalue weighted by molar-refractivity contribution is 7.15. The van der Waals surface area contributed by atoms with Crippen molar-refractivity contribution < 1.29 is 0 Å². The Hall–Kier alpha value is -1.06. The Balaban J connectivity index is 1.72. The van der Waals surface area contributed by atoms with Crippen LogP contribution in [0.15, 0.2) is 30.5 Å². The van der Waals surface area contributed by atoms with E-state index >= 15 is 0 Å². The number of benzene rings is 1. The molecule has 1 aliphatic rings. The lowest BCUT2D eigenvalue weighted by Gasteiger charge is -2.10. The summed E-state index contributed by atoms with van der Waals surface area (Å²) in [7, 11) is 0. The number of hydrogen-bond acceptors (Lipinski definition) is 3. The maximum Gasteiger partial charge on any atom is 0.183 e. The van der Waals surface area contributed by atoms with Gasteiger partial charge in [0.25, 0.3) is 0 Å². The Labute approximate surface area is 110 Å². The van der Waals surface area contributed by atoms with Gasteiger partial charge in [0.15, 0.2) is 4.47 Å². The summed E-state index contributed by atoms with van der Waals surface area (Å²) in [6, 6.07) is 8.56. The van der Waals surface area contributed by atoms with Gasteiger partial charge in [-0.1, -0.05) is 29.8 Å². The predicted molar refractivity (Wildman–Crippen MR) is 72.9 cm³/mol.